The van der Waals surface area contributed by atoms with Crippen LogP contribution >= 0.6 is 23.6 Å². The van der Waals surface area contributed by atoms with Gasteiger partial charge in [0.25, 0.3) is 0 Å². The van der Waals surface area contributed by atoms with Crippen LogP contribution in [0, 0.1) is 3.95 Å². The third-order valence-electron chi connectivity index (χ3n) is 1.65. The van der Waals surface area contributed by atoms with Crippen molar-refractivity contribution in [3.63, 3.8) is 0 Å². The first-order valence-electron chi connectivity index (χ1n) is 4.02. The molecule has 5 heteroatoms. The van der Waals surface area contributed by atoms with Gasteiger partial charge in [0.1, 0.15) is 4.88 Å². The first-order valence-corrected chi connectivity index (χ1v) is 5.24. The van der Waals surface area contributed by atoms with Crippen LogP contribution in [0.15, 0.2) is 31.4 Å². The summed E-state index contributed by atoms with van der Waals surface area (Å²) < 4.78 is 0.430. The SMILES string of the molecule is C=C/C=C(\C=C)c1[nH]c(=S)sc1C(=O)O. The standard InChI is InChI=1S/C10H9NO2S2/c1-3-5-6(4-2)7-8(9(12)13)15-10(14)11-7/h3-5H,1-2H2,(H,11,14)(H,12,13)/b6-5+. The van der Waals surface area contributed by atoms with Gasteiger partial charge < -0.3 is 10.1 Å². The number of hydrogen-bond donors (Lipinski definition) is 2. The number of H-pyrrole nitrogens is 1. The summed E-state index contributed by atoms with van der Waals surface area (Å²) in [5.41, 5.74) is 1.14. The third-order valence-corrected chi connectivity index (χ3v) is 2.87. The normalized spacial score (nSPS) is 11.1. The van der Waals surface area contributed by atoms with Gasteiger partial charge >= 0.3 is 5.97 Å². The number of hydrogen-bond acceptors (Lipinski definition) is 3. The van der Waals surface area contributed by atoms with E-state index in [2.05, 4.69) is 18.1 Å². The minimum absolute atomic E-state index is 0.188. The molecule has 1 heterocycles. The topological polar surface area (TPSA) is 53.1 Å². The molecule has 0 radical (unpaired) electrons. The van der Waals surface area contributed by atoms with Gasteiger partial charge in [0.2, 0.25) is 0 Å². The summed E-state index contributed by atoms with van der Waals surface area (Å²) in [5, 5.41) is 8.95. The van der Waals surface area contributed by atoms with Crippen LogP contribution in [0.5, 0.6) is 0 Å². The van der Waals surface area contributed by atoms with Crippen LogP contribution in [-0.2, 0) is 0 Å². The fourth-order valence-electron chi connectivity index (χ4n) is 1.06. The Hall–Kier alpha value is -1.46. The van der Waals surface area contributed by atoms with Crippen LogP contribution in [0.3, 0.4) is 0 Å². The molecule has 78 valence electrons. The largest absolute Gasteiger partial charge is 0.477 e. The van der Waals surface area contributed by atoms with Gasteiger partial charge in [-0.25, -0.2) is 4.79 Å². The fourth-order valence-corrected chi connectivity index (χ4v) is 2.11. The highest BCUT2D eigenvalue weighted by Gasteiger charge is 2.15. The van der Waals surface area contributed by atoms with E-state index in [1.54, 1.807) is 18.2 Å². The Bertz CT molecular complexity index is 494. The van der Waals surface area contributed by atoms with Crippen LogP contribution < -0.4 is 0 Å². The van der Waals surface area contributed by atoms with Crippen LogP contribution in [0.2, 0.25) is 0 Å². The van der Waals surface area contributed by atoms with E-state index in [0.717, 1.165) is 11.3 Å². The highest BCUT2D eigenvalue weighted by molar-refractivity contribution is 7.73. The van der Waals surface area contributed by atoms with Crippen LogP contribution in [0.4, 0.5) is 0 Å². The zero-order chi connectivity index (χ0) is 11.4. The summed E-state index contributed by atoms with van der Waals surface area (Å²) in [6.45, 7) is 7.15. The Morgan fingerprint density at radius 2 is 2.20 bits per heavy atom. The van der Waals surface area contributed by atoms with Gasteiger partial charge in [-0.1, -0.05) is 42.7 Å². The Morgan fingerprint density at radius 1 is 1.53 bits per heavy atom. The molecule has 0 saturated heterocycles. The fraction of sp³-hybridized carbons (Fsp3) is 0. The summed E-state index contributed by atoms with van der Waals surface area (Å²) in [7, 11) is 0. The van der Waals surface area contributed by atoms with Gasteiger partial charge in [0.05, 0.1) is 5.69 Å². The number of aromatic nitrogens is 1. The average Bonchev–Trinajstić information content (AvgIpc) is 2.56. The molecule has 0 aliphatic heterocycles. The second-order valence-corrected chi connectivity index (χ2v) is 4.27. The molecule has 0 spiro atoms. The van der Waals surface area contributed by atoms with E-state index in [0.29, 0.717) is 15.2 Å². The lowest BCUT2D eigenvalue weighted by atomic mass is 10.1. The number of carboxylic acid groups (broad SMARTS) is 1. The number of carbonyl (C=O) groups is 1. The minimum atomic E-state index is -1.00. The van der Waals surface area contributed by atoms with Crippen LogP contribution in [-0.4, -0.2) is 16.1 Å². The molecule has 1 aromatic rings. The van der Waals surface area contributed by atoms with Gasteiger partial charge in [-0.2, -0.15) is 0 Å². The molecule has 0 saturated carbocycles. The summed E-state index contributed by atoms with van der Waals surface area (Å²) >= 11 is 5.93. The zero-order valence-electron chi connectivity index (χ0n) is 7.82. The molecule has 0 bridgehead atoms. The zero-order valence-corrected chi connectivity index (χ0v) is 9.45. The summed E-state index contributed by atoms with van der Waals surface area (Å²) in [5.74, 6) is -1.00. The Labute approximate surface area is 96.1 Å². The maximum Gasteiger partial charge on any atom is 0.348 e. The molecule has 0 amide bonds. The molecule has 0 fully saturated rings. The van der Waals surface area contributed by atoms with Crippen molar-refractivity contribution in [1.82, 2.24) is 4.98 Å². The van der Waals surface area contributed by atoms with E-state index in [1.807, 2.05) is 0 Å². The smallest absolute Gasteiger partial charge is 0.348 e. The summed E-state index contributed by atoms with van der Waals surface area (Å²) in [6, 6.07) is 0. The monoisotopic (exact) mass is 239 g/mol. The molecule has 1 aromatic heterocycles. The number of aromatic amines is 1. The Balaban J connectivity index is 3.41. The lowest BCUT2D eigenvalue weighted by Crippen LogP contribution is -1.97. The van der Waals surface area contributed by atoms with Crippen molar-refractivity contribution < 1.29 is 9.90 Å². The average molecular weight is 239 g/mol. The van der Waals surface area contributed by atoms with Crippen molar-refractivity contribution in [2.24, 2.45) is 0 Å². The lowest BCUT2D eigenvalue weighted by molar-refractivity contribution is 0.0701. The van der Waals surface area contributed by atoms with E-state index < -0.39 is 5.97 Å². The second kappa shape index (κ2) is 4.86. The van der Waals surface area contributed by atoms with Crippen molar-refractivity contribution >= 4 is 35.1 Å². The molecule has 0 aliphatic rings. The van der Waals surface area contributed by atoms with Crippen LogP contribution in [0.25, 0.3) is 5.57 Å². The summed E-state index contributed by atoms with van der Waals surface area (Å²) in [4.78, 5) is 13.9. The number of thiazole rings is 1. The van der Waals surface area contributed by atoms with Gasteiger partial charge in [-0.3, -0.25) is 0 Å². The molecule has 1 rings (SSSR count). The first-order chi connectivity index (χ1) is 7.10. The molecule has 2 N–H and O–H groups in total. The third kappa shape index (κ3) is 2.51. The quantitative estimate of drug-likeness (QED) is 0.626. The minimum Gasteiger partial charge on any atom is -0.477 e. The van der Waals surface area contributed by atoms with Gasteiger partial charge in [-0.15, -0.1) is 0 Å². The molecule has 0 aliphatic carbocycles. The Kier molecular flexibility index (Phi) is 3.76. The van der Waals surface area contributed by atoms with Crippen molar-refractivity contribution in [3.05, 3.63) is 45.9 Å². The molecule has 0 unspecified atom stereocenters. The highest BCUT2D eigenvalue weighted by Crippen LogP contribution is 2.23. The van der Waals surface area contributed by atoms with Crippen molar-refractivity contribution in [2.45, 2.75) is 0 Å². The summed E-state index contributed by atoms with van der Waals surface area (Å²) in [6.07, 6.45) is 4.80. The van der Waals surface area contributed by atoms with E-state index in [-0.39, 0.29) is 4.88 Å². The van der Waals surface area contributed by atoms with Crippen molar-refractivity contribution in [1.29, 1.82) is 0 Å². The first kappa shape index (κ1) is 11.6. The number of allylic oxidation sites excluding steroid dienone is 4. The molecule has 15 heavy (non-hydrogen) atoms. The number of nitrogens with one attached hydrogen (secondary N) is 1. The van der Waals surface area contributed by atoms with Gasteiger partial charge in [-0.05, 0) is 17.8 Å². The maximum atomic E-state index is 10.9. The highest BCUT2D eigenvalue weighted by atomic mass is 32.1. The molecule has 0 aromatic carbocycles. The van der Waals surface area contributed by atoms with Gasteiger partial charge in [0, 0.05) is 0 Å². The second-order valence-electron chi connectivity index (χ2n) is 2.59. The predicted molar refractivity (Wildman–Crippen MR) is 64.8 cm³/mol. The van der Waals surface area contributed by atoms with E-state index >= 15 is 0 Å². The number of carboxylic acids is 1. The van der Waals surface area contributed by atoms with E-state index in [9.17, 15) is 4.79 Å². The maximum absolute atomic E-state index is 10.9. The number of rotatable bonds is 4. The molecule has 0 atom stereocenters. The van der Waals surface area contributed by atoms with Crippen molar-refractivity contribution in [2.75, 3.05) is 0 Å². The van der Waals surface area contributed by atoms with Crippen LogP contribution in [0.1, 0.15) is 15.4 Å². The van der Waals surface area contributed by atoms with E-state index in [1.165, 1.54) is 0 Å². The Morgan fingerprint density at radius 3 is 2.67 bits per heavy atom. The number of aromatic carboxylic acids is 1. The molecule has 3 nitrogen and oxygen atoms in total. The predicted octanol–water partition coefficient (Wildman–Crippen LogP) is 3.26. The molecular weight excluding hydrogens is 230 g/mol. The van der Waals surface area contributed by atoms with Crippen molar-refractivity contribution in [3.8, 4) is 0 Å². The van der Waals surface area contributed by atoms with E-state index in [4.69, 9.17) is 17.3 Å². The van der Waals surface area contributed by atoms with Gasteiger partial charge in [0.15, 0.2) is 3.95 Å². The lowest BCUT2D eigenvalue weighted by Gasteiger charge is -1.98. The molecular formula is C10H9NO2S2.